The minimum Gasteiger partial charge on any atom is -0.399 e. The number of amides is 1. The number of hydrogen-bond donors (Lipinski definition) is 2. The Labute approximate surface area is 115 Å². The zero-order valence-electron chi connectivity index (χ0n) is 9.43. The molecule has 1 aromatic rings. The third-order valence-electron chi connectivity index (χ3n) is 2.11. The van der Waals surface area contributed by atoms with Crippen LogP contribution in [0.25, 0.3) is 0 Å². The van der Waals surface area contributed by atoms with E-state index in [-0.39, 0.29) is 10.9 Å². The van der Waals surface area contributed by atoms with Crippen LogP contribution in [0.15, 0.2) is 12.1 Å². The van der Waals surface area contributed by atoms with Crippen molar-refractivity contribution in [2.24, 2.45) is 0 Å². The van der Waals surface area contributed by atoms with Crippen LogP contribution in [0.2, 0.25) is 10.0 Å². The molecule has 3 nitrogen and oxygen atoms in total. The fourth-order valence-electron chi connectivity index (χ4n) is 1.29. The zero-order valence-corrected chi connectivity index (χ0v) is 11.8. The number of hydrogen-bond acceptors (Lipinski definition) is 3. The maximum absolute atomic E-state index is 11.8. The van der Waals surface area contributed by atoms with Crippen molar-refractivity contribution in [3.8, 4) is 0 Å². The second kappa shape index (κ2) is 6.99. The lowest BCUT2D eigenvalue weighted by Crippen LogP contribution is -2.25. The van der Waals surface area contributed by atoms with Gasteiger partial charge in [0.15, 0.2) is 0 Å². The second-order valence-electron chi connectivity index (χ2n) is 3.47. The molecule has 0 aliphatic rings. The van der Waals surface area contributed by atoms with E-state index in [1.807, 2.05) is 6.26 Å². The van der Waals surface area contributed by atoms with Crippen LogP contribution in [-0.4, -0.2) is 24.5 Å². The molecule has 0 aliphatic heterocycles. The molecule has 0 fully saturated rings. The fraction of sp³-hybridized carbons (Fsp3) is 0.364. The van der Waals surface area contributed by atoms with Gasteiger partial charge in [0, 0.05) is 12.2 Å². The summed E-state index contributed by atoms with van der Waals surface area (Å²) in [6, 6.07) is 3.05. The number of anilines is 1. The monoisotopic (exact) mass is 292 g/mol. The van der Waals surface area contributed by atoms with Gasteiger partial charge in [-0.25, -0.2) is 0 Å². The number of benzene rings is 1. The van der Waals surface area contributed by atoms with Gasteiger partial charge in [-0.1, -0.05) is 23.2 Å². The molecule has 0 bridgehead atoms. The number of rotatable bonds is 5. The van der Waals surface area contributed by atoms with Gasteiger partial charge < -0.3 is 11.1 Å². The Morgan fingerprint density at radius 1 is 1.47 bits per heavy atom. The highest BCUT2D eigenvalue weighted by Gasteiger charge is 2.13. The predicted octanol–water partition coefficient (Wildman–Crippen LogP) is 3.06. The van der Waals surface area contributed by atoms with Crippen LogP contribution in [0.5, 0.6) is 0 Å². The molecule has 6 heteroatoms. The number of thioether (sulfide) groups is 1. The molecule has 0 unspecified atom stereocenters. The van der Waals surface area contributed by atoms with Crippen molar-refractivity contribution in [3.63, 3.8) is 0 Å². The highest BCUT2D eigenvalue weighted by molar-refractivity contribution is 7.98. The fourth-order valence-corrected chi connectivity index (χ4v) is 2.14. The molecule has 0 radical (unpaired) electrons. The quantitative estimate of drug-likeness (QED) is 0.648. The van der Waals surface area contributed by atoms with Crippen LogP contribution in [-0.2, 0) is 0 Å². The SMILES string of the molecule is CSCCCNC(=O)c1cc(N)cc(Cl)c1Cl. The molecular weight excluding hydrogens is 279 g/mol. The van der Waals surface area contributed by atoms with E-state index in [2.05, 4.69) is 5.32 Å². The van der Waals surface area contributed by atoms with Gasteiger partial charge in [-0.3, -0.25) is 4.79 Å². The summed E-state index contributed by atoms with van der Waals surface area (Å²) in [6.07, 6.45) is 2.94. The third kappa shape index (κ3) is 4.30. The largest absolute Gasteiger partial charge is 0.399 e. The number of nitrogens with two attached hydrogens (primary N) is 1. The van der Waals surface area contributed by atoms with Crippen LogP contribution in [0, 0.1) is 0 Å². The molecule has 0 saturated carbocycles. The summed E-state index contributed by atoms with van der Waals surface area (Å²) >= 11 is 13.5. The molecule has 0 aromatic heterocycles. The normalized spacial score (nSPS) is 10.3. The Kier molecular flexibility index (Phi) is 5.95. The van der Waals surface area contributed by atoms with Gasteiger partial charge in [0.1, 0.15) is 0 Å². The zero-order chi connectivity index (χ0) is 12.8. The average Bonchev–Trinajstić information content (AvgIpc) is 2.29. The summed E-state index contributed by atoms with van der Waals surface area (Å²) in [4.78, 5) is 11.8. The number of halogens is 2. The van der Waals surface area contributed by atoms with Crippen molar-refractivity contribution >= 4 is 46.6 Å². The second-order valence-corrected chi connectivity index (χ2v) is 5.24. The summed E-state index contributed by atoms with van der Waals surface area (Å²) in [5.41, 5.74) is 6.36. The average molecular weight is 293 g/mol. The first kappa shape index (κ1) is 14.5. The Hall–Kier alpha value is -0.580. The molecule has 3 N–H and O–H groups in total. The van der Waals surface area contributed by atoms with Crippen molar-refractivity contribution in [2.45, 2.75) is 6.42 Å². The summed E-state index contributed by atoms with van der Waals surface area (Å²) < 4.78 is 0. The molecule has 94 valence electrons. The maximum atomic E-state index is 11.8. The first-order chi connectivity index (χ1) is 8.06. The molecule has 1 aromatic carbocycles. The Morgan fingerprint density at radius 2 is 2.18 bits per heavy atom. The van der Waals surface area contributed by atoms with E-state index in [0.29, 0.717) is 22.8 Å². The third-order valence-corrected chi connectivity index (χ3v) is 3.60. The van der Waals surface area contributed by atoms with E-state index >= 15 is 0 Å². The van der Waals surface area contributed by atoms with Crippen molar-refractivity contribution in [1.82, 2.24) is 5.32 Å². The van der Waals surface area contributed by atoms with E-state index < -0.39 is 0 Å². The molecule has 0 saturated heterocycles. The summed E-state index contributed by atoms with van der Waals surface area (Å²) in [6.45, 7) is 0.614. The van der Waals surface area contributed by atoms with E-state index in [9.17, 15) is 4.79 Å². The summed E-state index contributed by atoms with van der Waals surface area (Å²) in [5, 5.41) is 3.31. The Balaban J connectivity index is 2.69. The standard InChI is InChI=1S/C11H14Cl2N2OS/c1-17-4-2-3-15-11(16)8-5-7(14)6-9(12)10(8)13/h5-6H,2-4,14H2,1H3,(H,15,16). The molecular formula is C11H14Cl2N2OS. The minimum atomic E-state index is -0.245. The number of nitrogen functional groups attached to an aromatic ring is 1. The van der Waals surface area contributed by atoms with Crippen molar-refractivity contribution in [3.05, 3.63) is 27.7 Å². The van der Waals surface area contributed by atoms with Crippen LogP contribution >= 0.6 is 35.0 Å². The van der Waals surface area contributed by atoms with Gasteiger partial charge in [-0.05, 0) is 30.6 Å². The highest BCUT2D eigenvalue weighted by atomic mass is 35.5. The smallest absolute Gasteiger partial charge is 0.252 e. The van der Waals surface area contributed by atoms with E-state index in [1.165, 1.54) is 12.1 Å². The van der Waals surface area contributed by atoms with E-state index in [4.69, 9.17) is 28.9 Å². The molecule has 0 spiro atoms. The minimum absolute atomic E-state index is 0.239. The highest BCUT2D eigenvalue weighted by Crippen LogP contribution is 2.28. The Morgan fingerprint density at radius 3 is 2.82 bits per heavy atom. The molecule has 1 rings (SSSR count). The maximum Gasteiger partial charge on any atom is 0.252 e. The topological polar surface area (TPSA) is 55.1 Å². The molecule has 17 heavy (non-hydrogen) atoms. The van der Waals surface area contributed by atoms with Gasteiger partial charge >= 0.3 is 0 Å². The molecule has 0 aliphatic carbocycles. The summed E-state index contributed by atoms with van der Waals surface area (Å²) in [5.74, 6) is 0.761. The van der Waals surface area contributed by atoms with Gasteiger partial charge in [-0.2, -0.15) is 11.8 Å². The van der Waals surface area contributed by atoms with E-state index in [1.54, 1.807) is 11.8 Å². The Bertz CT molecular complexity index is 413. The number of carbonyl (C=O) groups excluding carboxylic acids is 1. The van der Waals surface area contributed by atoms with Crippen molar-refractivity contribution in [1.29, 1.82) is 0 Å². The lowest BCUT2D eigenvalue weighted by atomic mass is 10.2. The molecule has 0 atom stereocenters. The molecule has 0 heterocycles. The lowest BCUT2D eigenvalue weighted by Gasteiger charge is -2.08. The van der Waals surface area contributed by atoms with Gasteiger partial charge in [0.05, 0.1) is 15.6 Å². The van der Waals surface area contributed by atoms with Gasteiger partial charge in [0.2, 0.25) is 0 Å². The van der Waals surface area contributed by atoms with Crippen molar-refractivity contribution < 1.29 is 4.79 Å². The number of nitrogens with one attached hydrogen (secondary N) is 1. The number of carbonyl (C=O) groups is 1. The van der Waals surface area contributed by atoms with E-state index in [0.717, 1.165) is 12.2 Å². The van der Waals surface area contributed by atoms with Gasteiger partial charge in [0.25, 0.3) is 5.91 Å². The molecule has 1 amide bonds. The van der Waals surface area contributed by atoms with Crippen LogP contribution in [0.3, 0.4) is 0 Å². The predicted molar refractivity (Wildman–Crippen MR) is 76.2 cm³/mol. The van der Waals surface area contributed by atoms with Crippen LogP contribution in [0.4, 0.5) is 5.69 Å². The van der Waals surface area contributed by atoms with Gasteiger partial charge in [-0.15, -0.1) is 0 Å². The van der Waals surface area contributed by atoms with Crippen LogP contribution < -0.4 is 11.1 Å². The first-order valence-corrected chi connectivity index (χ1v) is 7.23. The first-order valence-electron chi connectivity index (χ1n) is 5.08. The lowest BCUT2D eigenvalue weighted by molar-refractivity contribution is 0.0954. The summed E-state index contributed by atoms with van der Waals surface area (Å²) in [7, 11) is 0. The van der Waals surface area contributed by atoms with Crippen LogP contribution in [0.1, 0.15) is 16.8 Å². The van der Waals surface area contributed by atoms with Crippen molar-refractivity contribution in [2.75, 3.05) is 24.3 Å².